The largest absolute Gasteiger partial charge is 0.364 e. The maximum atomic E-state index is 11.8. The van der Waals surface area contributed by atoms with Crippen molar-refractivity contribution in [2.24, 2.45) is 17.4 Å². The number of rotatable bonds is 9. The standard InChI is InChI=1S/C19H27N9O/c1-4-28-10-12-5-6-13(8-15(12)27-28)22-18-16(17(21)29)25-26-19(24-18)23-14(9-20)7-11(2)3/h5-6,8,10-11,14H,4,7,9,20H2,1-3H3,(H2,21,29)(H2,22,23,24,26)/t14-/m1/s1. The minimum Gasteiger partial charge on any atom is -0.364 e. The first kappa shape index (κ1) is 20.5. The summed E-state index contributed by atoms with van der Waals surface area (Å²) in [5.74, 6) is 0.253. The number of carbonyl (C=O) groups is 1. The van der Waals surface area contributed by atoms with Crippen LogP contribution in [-0.2, 0) is 6.54 Å². The molecular formula is C19H27N9O. The number of nitrogens with zero attached hydrogens (tertiary/aromatic N) is 5. The van der Waals surface area contributed by atoms with E-state index >= 15 is 0 Å². The van der Waals surface area contributed by atoms with Crippen LogP contribution < -0.4 is 22.1 Å². The predicted molar refractivity (Wildman–Crippen MR) is 113 cm³/mol. The zero-order valence-corrected chi connectivity index (χ0v) is 16.9. The summed E-state index contributed by atoms with van der Waals surface area (Å²) in [6.45, 7) is 7.47. The third-order valence-corrected chi connectivity index (χ3v) is 4.44. The van der Waals surface area contributed by atoms with Crippen molar-refractivity contribution in [1.29, 1.82) is 0 Å². The van der Waals surface area contributed by atoms with Gasteiger partial charge < -0.3 is 22.1 Å². The van der Waals surface area contributed by atoms with E-state index in [-0.39, 0.29) is 23.5 Å². The fraction of sp³-hybridized carbons (Fsp3) is 0.421. The van der Waals surface area contributed by atoms with Gasteiger partial charge in [0.1, 0.15) is 0 Å². The molecule has 1 atom stereocenters. The second-order valence-electron chi connectivity index (χ2n) is 7.29. The quantitative estimate of drug-likeness (QED) is 0.427. The summed E-state index contributed by atoms with van der Waals surface area (Å²) in [4.78, 5) is 16.2. The molecule has 0 fully saturated rings. The molecule has 10 heteroatoms. The SMILES string of the molecule is CCn1cc2ccc(Nc3nc(N[C@@H](CN)CC(C)C)nnc3C(N)=O)cc2n1. The Kier molecular flexibility index (Phi) is 6.23. The highest BCUT2D eigenvalue weighted by molar-refractivity contribution is 5.96. The molecule has 0 unspecified atom stereocenters. The average molecular weight is 397 g/mol. The molecule has 0 saturated heterocycles. The van der Waals surface area contributed by atoms with E-state index in [0.29, 0.717) is 18.2 Å². The number of hydrogen-bond acceptors (Lipinski definition) is 8. The molecule has 1 aromatic carbocycles. The maximum Gasteiger partial charge on any atom is 0.273 e. The van der Waals surface area contributed by atoms with Gasteiger partial charge in [0.15, 0.2) is 11.5 Å². The monoisotopic (exact) mass is 397 g/mol. The molecular weight excluding hydrogens is 370 g/mol. The first-order valence-corrected chi connectivity index (χ1v) is 9.65. The van der Waals surface area contributed by atoms with E-state index in [1.807, 2.05) is 36.0 Å². The molecule has 0 saturated carbocycles. The van der Waals surface area contributed by atoms with E-state index in [2.05, 4.69) is 44.8 Å². The number of aromatic nitrogens is 5. The lowest BCUT2D eigenvalue weighted by atomic mass is 10.0. The Balaban J connectivity index is 1.89. The van der Waals surface area contributed by atoms with Crippen molar-refractivity contribution in [3.05, 3.63) is 30.1 Å². The molecule has 1 amide bonds. The van der Waals surface area contributed by atoms with Gasteiger partial charge in [-0.15, -0.1) is 10.2 Å². The summed E-state index contributed by atoms with van der Waals surface area (Å²) in [5.41, 5.74) is 12.8. The predicted octanol–water partition coefficient (Wildman–Crippen LogP) is 1.87. The average Bonchev–Trinajstić information content (AvgIpc) is 3.09. The Morgan fingerprint density at radius 2 is 2.07 bits per heavy atom. The molecule has 29 heavy (non-hydrogen) atoms. The molecule has 0 aliphatic heterocycles. The molecule has 0 aliphatic carbocycles. The van der Waals surface area contributed by atoms with Gasteiger partial charge in [0.05, 0.1) is 5.52 Å². The van der Waals surface area contributed by atoms with Crippen LogP contribution in [0.2, 0.25) is 0 Å². The number of benzene rings is 1. The molecule has 154 valence electrons. The van der Waals surface area contributed by atoms with Crippen LogP contribution in [0, 0.1) is 5.92 Å². The van der Waals surface area contributed by atoms with E-state index in [9.17, 15) is 4.79 Å². The van der Waals surface area contributed by atoms with Gasteiger partial charge in [-0.1, -0.05) is 13.8 Å². The lowest BCUT2D eigenvalue weighted by molar-refractivity contribution is 0.0995. The third-order valence-electron chi connectivity index (χ3n) is 4.44. The summed E-state index contributed by atoms with van der Waals surface area (Å²) in [7, 11) is 0. The van der Waals surface area contributed by atoms with Crippen LogP contribution in [0.4, 0.5) is 17.5 Å². The number of fused-ring (bicyclic) bond motifs is 1. The highest BCUT2D eigenvalue weighted by Crippen LogP contribution is 2.23. The minimum atomic E-state index is -0.715. The number of primary amides is 1. The van der Waals surface area contributed by atoms with Crippen molar-refractivity contribution in [1.82, 2.24) is 25.0 Å². The zero-order valence-electron chi connectivity index (χ0n) is 16.9. The van der Waals surface area contributed by atoms with Gasteiger partial charge in [-0.2, -0.15) is 10.1 Å². The molecule has 6 N–H and O–H groups in total. The summed E-state index contributed by atoms with van der Waals surface area (Å²) >= 11 is 0. The summed E-state index contributed by atoms with van der Waals surface area (Å²) < 4.78 is 1.86. The Bertz CT molecular complexity index is 999. The fourth-order valence-corrected chi connectivity index (χ4v) is 3.05. The van der Waals surface area contributed by atoms with E-state index in [1.165, 1.54) is 0 Å². The minimum absolute atomic E-state index is 0.00145. The van der Waals surface area contributed by atoms with E-state index in [0.717, 1.165) is 23.9 Å². The van der Waals surface area contributed by atoms with Gasteiger partial charge >= 0.3 is 0 Å². The smallest absolute Gasteiger partial charge is 0.273 e. The van der Waals surface area contributed by atoms with Crippen LogP contribution in [0.5, 0.6) is 0 Å². The lowest BCUT2D eigenvalue weighted by Gasteiger charge is -2.19. The first-order valence-electron chi connectivity index (χ1n) is 9.65. The second-order valence-corrected chi connectivity index (χ2v) is 7.29. The maximum absolute atomic E-state index is 11.8. The molecule has 3 rings (SSSR count). The van der Waals surface area contributed by atoms with Crippen molar-refractivity contribution in [3.63, 3.8) is 0 Å². The Hall–Kier alpha value is -3.27. The van der Waals surface area contributed by atoms with Gasteiger partial charge in [0, 0.05) is 36.4 Å². The number of anilines is 3. The van der Waals surface area contributed by atoms with Crippen LogP contribution in [-0.4, -0.2) is 43.5 Å². The van der Waals surface area contributed by atoms with Gasteiger partial charge in [-0.3, -0.25) is 9.48 Å². The van der Waals surface area contributed by atoms with Crippen molar-refractivity contribution in [3.8, 4) is 0 Å². The third kappa shape index (κ3) is 4.96. The van der Waals surface area contributed by atoms with Gasteiger partial charge in [-0.25, -0.2) is 0 Å². The van der Waals surface area contributed by atoms with Gasteiger partial charge in [0.2, 0.25) is 5.95 Å². The number of nitrogens with two attached hydrogens (primary N) is 2. The van der Waals surface area contributed by atoms with E-state index in [1.54, 1.807) is 0 Å². The molecule has 0 radical (unpaired) electrons. The Morgan fingerprint density at radius 1 is 1.28 bits per heavy atom. The number of amides is 1. The molecule has 0 spiro atoms. The van der Waals surface area contributed by atoms with Crippen LogP contribution >= 0.6 is 0 Å². The van der Waals surface area contributed by atoms with Crippen LogP contribution in [0.1, 0.15) is 37.7 Å². The highest BCUT2D eigenvalue weighted by Gasteiger charge is 2.17. The van der Waals surface area contributed by atoms with E-state index in [4.69, 9.17) is 11.5 Å². The van der Waals surface area contributed by atoms with Gasteiger partial charge in [0.25, 0.3) is 5.91 Å². The van der Waals surface area contributed by atoms with Crippen LogP contribution in [0.25, 0.3) is 10.9 Å². The summed E-state index contributed by atoms with van der Waals surface area (Å²) in [5, 5.41) is 19.7. The Labute approximate surface area is 169 Å². The first-order chi connectivity index (χ1) is 13.9. The molecule has 0 bridgehead atoms. The number of hydrogen-bond donors (Lipinski definition) is 4. The Morgan fingerprint density at radius 3 is 2.72 bits per heavy atom. The lowest BCUT2D eigenvalue weighted by Crippen LogP contribution is -2.31. The molecule has 10 nitrogen and oxygen atoms in total. The van der Waals surface area contributed by atoms with E-state index < -0.39 is 5.91 Å². The van der Waals surface area contributed by atoms with Crippen molar-refractivity contribution >= 4 is 34.3 Å². The van der Waals surface area contributed by atoms with Crippen LogP contribution in [0.15, 0.2) is 24.4 Å². The molecule has 2 heterocycles. The molecule has 0 aliphatic rings. The molecule has 2 aromatic heterocycles. The highest BCUT2D eigenvalue weighted by atomic mass is 16.1. The fourth-order valence-electron chi connectivity index (χ4n) is 3.05. The van der Waals surface area contributed by atoms with Gasteiger partial charge in [-0.05, 0) is 37.5 Å². The molecule has 3 aromatic rings. The normalized spacial score (nSPS) is 12.3. The van der Waals surface area contributed by atoms with Crippen molar-refractivity contribution in [2.75, 3.05) is 17.2 Å². The number of nitrogens with one attached hydrogen (secondary N) is 2. The summed E-state index contributed by atoms with van der Waals surface area (Å²) in [6.07, 6.45) is 2.83. The van der Waals surface area contributed by atoms with Crippen molar-refractivity contribution in [2.45, 2.75) is 39.8 Å². The zero-order chi connectivity index (χ0) is 21.0. The van der Waals surface area contributed by atoms with Crippen molar-refractivity contribution < 1.29 is 4.79 Å². The van der Waals surface area contributed by atoms with Crippen LogP contribution in [0.3, 0.4) is 0 Å². The number of carbonyl (C=O) groups excluding carboxylic acids is 1. The number of aryl methyl sites for hydroxylation is 1. The summed E-state index contributed by atoms with van der Waals surface area (Å²) in [6, 6.07) is 5.70. The topological polar surface area (TPSA) is 150 Å². The second kappa shape index (κ2) is 8.82.